The van der Waals surface area contributed by atoms with Gasteiger partial charge in [0.25, 0.3) is 0 Å². The minimum atomic E-state index is -10.7. The third-order valence-electron chi connectivity index (χ3n) is 13.1. The zero-order chi connectivity index (χ0) is 49.4. The third kappa shape index (κ3) is 10.9. The fourth-order valence-electron chi connectivity index (χ4n) is 10.0. The molecule has 10 aromatic rings. The summed E-state index contributed by atoms with van der Waals surface area (Å²) in [7, 11) is -10.7. The smallest absolute Gasteiger partial charge is 0.132 e. The Bertz CT molecular complexity index is 3460. The molecule has 4 nitrogen and oxygen atoms in total. The first kappa shape index (κ1) is 49.7. The fourth-order valence-corrected chi connectivity index (χ4v) is 10.0. The molecule has 2 atom stereocenters. The molecule has 0 unspecified atom stereocenters. The van der Waals surface area contributed by atoms with Crippen molar-refractivity contribution in [3.63, 3.8) is 0 Å². The summed E-state index contributed by atoms with van der Waals surface area (Å²) in [4.78, 5) is 10.5. The van der Waals surface area contributed by atoms with Crippen LogP contribution in [0.1, 0.15) is 36.8 Å². The number of phenols is 2. The van der Waals surface area contributed by atoms with Gasteiger partial charge in [-0.15, -0.1) is 0 Å². The van der Waals surface area contributed by atoms with E-state index < -0.39 is 7.81 Å². The van der Waals surface area contributed by atoms with E-state index in [0.29, 0.717) is 11.1 Å². The largest absolute Gasteiger partial charge is 0.507 e. The molecular weight excluding hydrogens is 981 g/mol. The molecule has 1 saturated carbocycles. The van der Waals surface area contributed by atoms with E-state index in [1.54, 1.807) is 0 Å². The minimum absolute atomic E-state index is 0. The van der Waals surface area contributed by atoms with Crippen molar-refractivity contribution in [2.75, 3.05) is 0 Å². The molecule has 2 N–H and O–H groups in total. The number of halogens is 6. The molecule has 1 radical (unpaired) electrons. The van der Waals surface area contributed by atoms with E-state index in [9.17, 15) is 35.4 Å². The van der Waals surface area contributed by atoms with Crippen molar-refractivity contribution in [1.82, 2.24) is 0 Å². The Hall–Kier alpha value is -7.29. The summed E-state index contributed by atoms with van der Waals surface area (Å²) in [6.07, 6.45) is 7.60. The van der Waals surface area contributed by atoms with Crippen molar-refractivity contribution in [2.24, 2.45) is 9.98 Å². The van der Waals surface area contributed by atoms with Gasteiger partial charge in [0.05, 0.1) is 12.1 Å². The van der Waals surface area contributed by atoms with E-state index in [-0.39, 0.29) is 40.7 Å². The quantitative estimate of drug-likeness (QED) is 0.0689. The van der Waals surface area contributed by atoms with Gasteiger partial charge in [0, 0.05) is 62.9 Å². The molecule has 0 heterocycles. The number of nitrogens with zero attached hydrogens (tertiary/aromatic N) is 2. The zero-order valence-corrected chi connectivity index (χ0v) is 40.6. The molecule has 10 aromatic carbocycles. The van der Waals surface area contributed by atoms with Crippen LogP contribution in [0.4, 0.5) is 25.2 Å². The molecule has 0 spiro atoms. The van der Waals surface area contributed by atoms with Crippen molar-refractivity contribution < 1.29 is 52.5 Å². The third-order valence-corrected chi connectivity index (χ3v) is 13.1. The molecular formula is C60H46F6MnN2O2P-. The summed E-state index contributed by atoms with van der Waals surface area (Å²) in [5, 5.41) is 33.4. The van der Waals surface area contributed by atoms with Crippen LogP contribution in [-0.2, 0) is 17.1 Å². The SMILES string of the molecule is F[P-](F)(F)(F)(F)F.Oc1c(C=N[C@@H]2CCCC[C@H]2N=Cc2cc3ccccc3c(-c3c(-c4ccccc4)ccc4ccccc34)c2O)cc2ccccc2c1-c1c(-c2ccccc2)ccc2ccccc12.[Mn]. The van der Waals surface area contributed by atoms with Crippen LogP contribution in [0.25, 0.3) is 87.6 Å². The summed E-state index contributed by atoms with van der Waals surface area (Å²) < 4.78 is 59.2. The number of aromatic hydroxyl groups is 2. The second-order valence-corrected chi connectivity index (χ2v) is 19.8. The predicted molar refractivity (Wildman–Crippen MR) is 283 cm³/mol. The monoisotopic (exact) mass is 1030 g/mol. The van der Waals surface area contributed by atoms with Crippen molar-refractivity contribution in [2.45, 2.75) is 37.8 Å². The number of phenolic OH excluding ortho intramolecular Hbond substituents is 2. The molecule has 11 rings (SSSR count). The molecule has 0 saturated heterocycles. The molecule has 0 aromatic heterocycles. The molecule has 1 aliphatic rings. The van der Waals surface area contributed by atoms with Gasteiger partial charge in [-0.3, -0.25) is 9.98 Å². The zero-order valence-electron chi connectivity index (χ0n) is 38.5. The van der Waals surface area contributed by atoms with Crippen LogP contribution >= 0.6 is 7.81 Å². The van der Waals surface area contributed by atoms with Crippen LogP contribution in [0.2, 0.25) is 0 Å². The Labute approximate surface area is 422 Å². The van der Waals surface area contributed by atoms with Gasteiger partial charge in [0.2, 0.25) is 0 Å². The summed E-state index contributed by atoms with van der Waals surface area (Å²) in [5.41, 5.74) is 9.27. The van der Waals surface area contributed by atoms with Crippen LogP contribution in [0.5, 0.6) is 11.5 Å². The number of benzene rings is 10. The predicted octanol–water partition coefficient (Wildman–Crippen LogP) is 18.6. The molecule has 12 heteroatoms. The normalized spacial score (nSPS) is 16.1. The Morgan fingerprint density at radius 2 is 0.694 bits per heavy atom. The van der Waals surface area contributed by atoms with E-state index in [2.05, 4.69) is 158 Å². The van der Waals surface area contributed by atoms with Crippen LogP contribution < -0.4 is 0 Å². The van der Waals surface area contributed by atoms with Gasteiger partial charge in [-0.05, 0) is 90.3 Å². The van der Waals surface area contributed by atoms with E-state index in [1.165, 1.54) is 0 Å². The number of rotatable bonds is 8. The van der Waals surface area contributed by atoms with Crippen LogP contribution in [0.15, 0.2) is 204 Å². The number of aliphatic imine (C=N–C) groups is 2. The van der Waals surface area contributed by atoms with Crippen molar-refractivity contribution in [3.05, 3.63) is 205 Å². The fraction of sp³-hybridized carbons (Fsp3) is 0.100. The topological polar surface area (TPSA) is 65.2 Å². The van der Waals surface area contributed by atoms with Gasteiger partial charge in [0.15, 0.2) is 0 Å². The summed E-state index contributed by atoms with van der Waals surface area (Å²) in [5.74, 6) is 0.424. The van der Waals surface area contributed by atoms with Gasteiger partial charge < -0.3 is 10.2 Å². The van der Waals surface area contributed by atoms with Gasteiger partial charge in [-0.2, -0.15) is 0 Å². The Morgan fingerprint density at radius 1 is 0.389 bits per heavy atom. The first-order valence-corrected chi connectivity index (χ1v) is 25.4. The van der Waals surface area contributed by atoms with E-state index in [1.807, 2.05) is 48.8 Å². The van der Waals surface area contributed by atoms with Crippen molar-refractivity contribution in [1.29, 1.82) is 0 Å². The average Bonchev–Trinajstić information content (AvgIpc) is 3.37. The van der Waals surface area contributed by atoms with Crippen molar-refractivity contribution in [3.8, 4) is 56.0 Å². The molecule has 1 fully saturated rings. The Balaban J connectivity index is 0.000000747. The summed E-state index contributed by atoms with van der Waals surface area (Å²) >= 11 is 0. The van der Waals surface area contributed by atoms with Crippen LogP contribution in [-0.4, -0.2) is 34.7 Å². The van der Waals surface area contributed by atoms with E-state index >= 15 is 0 Å². The van der Waals surface area contributed by atoms with Crippen LogP contribution in [0, 0.1) is 0 Å². The first-order chi connectivity index (χ1) is 34.1. The molecule has 363 valence electrons. The summed E-state index contributed by atoms with van der Waals surface area (Å²) in [6, 6.07) is 66.9. The maximum atomic E-state index is 12.5. The summed E-state index contributed by atoms with van der Waals surface area (Å²) in [6.45, 7) is 0. The number of hydrogen-bond acceptors (Lipinski definition) is 4. The Morgan fingerprint density at radius 3 is 1.06 bits per heavy atom. The average molecular weight is 1030 g/mol. The molecule has 1 aliphatic carbocycles. The second-order valence-electron chi connectivity index (χ2n) is 17.9. The second kappa shape index (κ2) is 19.4. The number of fused-ring (bicyclic) bond motifs is 4. The standard InChI is InChI=1S/C60H46N2O2.F6P.Mn/c63-59-45(35-43-23-9-13-27-49(43)57(59)55-47-25-11-7-21-41(47)31-33-51(55)39-17-3-1-4-18-39)37-61-53-29-15-16-30-54(53)62-38-46-36-44-24-10-14-28-50(44)58(60(46)64)56-48-26-12-8-22-42(48)32-34-52(56)40-19-5-2-6-20-40;1-7(2,3,4,5)6;/h1-14,17-28,31-38,53-54,63-64H,15-16,29-30H2;;/q;-1;/t53-,54-;;/m1../s1. The molecule has 72 heavy (non-hydrogen) atoms. The van der Waals surface area contributed by atoms with E-state index in [4.69, 9.17) is 9.98 Å². The Kier molecular flexibility index (Phi) is 13.4. The number of hydrogen-bond donors (Lipinski definition) is 2. The van der Waals surface area contributed by atoms with Crippen molar-refractivity contribution >= 4 is 63.3 Å². The minimum Gasteiger partial charge on any atom is -0.507 e. The van der Waals surface area contributed by atoms with Gasteiger partial charge in [-0.1, -0.05) is 195 Å². The van der Waals surface area contributed by atoms with Crippen LogP contribution in [0.3, 0.4) is 0 Å². The maximum absolute atomic E-state index is 12.5. The maximum Gasteiger partial charge on any atom is 0.132 e. The van der Waals surface area contributed by atoms with Gasteiger partial charge >= 0.3 is 33.0 Å². The van der Waals surface area contributed by atoms with E-state index in [0.717, 1.165) is 113 Å². The molecule has 0 bridgehead atoms. The first-order valence-electron chi connectivity index (χ1n) is 23.3. The molecule has 0 aliphatic heterocycles. The molecule has 0 amide bonds. The van der Waals surface area contributed by atoms with Gasteiger partial charge in [0.1, 0.15) is 11.5 Å². The van der Waals surface area contributed by atoms with Gasteiger partial charge in [-0.25, -0.2) is 0 Å².